The van der Waals surface area contributed by atoms with Gasteiger partial charge in [0.05, 0.1) is 13.3 Å². The first kappa shape index (κ1) is 20.1. The highest BCUT2D eigenvalue weighted by molar-refractivity contribution is 5.93. The van der Waals surface area contributed by atoms with Crippen molar-refractivity contribution in [1.29, 1.82) is 0 Å². The molecule has 0 radical (unpaired) electrons. The Labute approximate surface area is 183 Å². The smallest absolute Gasteiger partial charge is 0.161 e. The highest BCUT2D eigenvalue weighted by atomic mass is 16.5. The summed E-state index contributed by atoms with van der Waals surface area (Å²) in [6.07, 6.45) is 8.51. The minimum atomic E-state index is 0.123. The topological polar surface area (TPSA) is 74.4 Å². The van der Waals surface area contributed by atoms with Crippen molar-refractivity contribution in [2.75, 3.05) is 7.11 Å². The minimum absolute atomic E-state index is 0.123. The molecule has 2 fully saturated rings. The summed E-state index contributed by atoms with van der Waals surface area (Å²) in [6, 6.07) is 11.2. The fraction of sp³-hybridized carbons (Fsp3) is 0.462. The molecule has 0 amide bonds. The molecule has 5 nitrogen and oxygen atoms in total. The molecular formula is C26H30N2O3. The number of phenols is 2. The van der Waals surface area contributed by atoms with E-state index in [4.69, 9.17) is 9.84 Å². The molecule has 0 heterocycles. The second-order valence-electron chi connectivity index (χ2n) is 9.52. The molecule has 31 heavy (non-hydrogen) atoms. The molecule has 2 N–H and O–H groups in total. The van der Waals surface area contributed by atoms with Crippen molar-refractivity contribution in [2.24, 2.45) is 27.5 Å². The number of methoxy groups -OCH3 is 1. The van der Waals surface area contributed by atoms with Crippen LogP contribution in [0.2, 0.25) is 0 Å². The lowest BCUT2D eigenvalue weighted by Crippen LogP contribution is -2.42. The first-order valence-electron chi connectivity index (χ1n) is 11.3. The van der Waals surface area contributed by atoms with Crippen LogP contribution >= 0.6 is 0 Å². The first-order valence-corrected chi connectivity index (χ1v) is 11.3. The highest BCUT2D eigenvalue weighted by Crippen LogP contribution is 2.60. The van der Waals surface area contributed by atoms with Gasteiger partial charge in [-0.3, -0.25) is 0 Å². The Balaban J connectivity index is 1.36. The third-order valence-corrected chi connectivity index (χ3v) is 8.04. The monoisotopic (exact) mass is 418 g/mol. The van der Waals surface area contributed by atoms with E-state index in [9.17, 15) is 10.2 Å². The van der Waals surface area contributed by atoms with E-state index >= 15 is 0 Å². The summed E-state index contributed by atoms with van der Waals surface area (Å²) in [5.41, 5.74) is 5.01. The van der Waals surface area contributed by atoms with Crippen LogP contribution in [0.4, 0.5) is 0 Å². The standard InChI is InChI=1S/C26H30N2O3/c1-26-12-11-20-19-7-5-18(29)14-17(19)4-6-21(20)22(26)8-10-25(26)28-27-15-16-3-9-23(30)24(13-16)31-2/h3,5,7,9,13-15,20-22,29-30H,4,6,8,10-12H2,1-2H3/b27-15+,28-25-. The van der Waals surface area contributed by atoms with Crippen molar-refractivity contribution in [1.82, 2.24) is 0 Å². The van der Waals surface area contributed by atoms with Crippen LogP contribution in [-0.2, 0) is 6.42 Å². The zero-order valence-corrected chi connectivity index (χ0v) is 18.2. The summed E-state index contributed by atoms with van der Waals surface area (Å²) in [5.74, 6) is 2.89. The molecule has 2 aromatic carbocycles. The van der Waals surface area contributed by atoms with Crippen molar-refractivity contribution < 1.29 is 14.9 Å². The fourth-order valence-corrected chi connectivity index (χ4v) is 6.46. The molecule has 5 heteroatoms. The second-order valence-corrected chi connectivity index (χ2v) is 9.52. The van der Waals surface area contributed by atoms with Crippen molar-refractivity contribution in [3.63, 3.8) is 0 Å². The lowest BCUT2D eigenvalue weighted by molar-refractivity contribution is 0.0955. The highest BCUT2D eigenvalue weighted by Gasteiger charge is 2.53. The zero-order chi connectivity index (χ0) is 21.6. The summed E-state index contributed by atoms with van der Waals surface area (Å²) in [7, 11) is 1.54. The molecule has 2 saturated carbocycles. The first-order chi connectivity index (χ1) is 15.0. The van der Waals surface area contributed by atoms with Crippen LogP contribution in [0, 0.1) is 17.3 Å². The Kier molecular flexibility index (Phi) is 4.99. The molecule has 4 unspecified atom stereocenters. The van der Waals surface area contributed by atoms with Crippen LogP contribution in [0.5, 0.6) is 17.2 Å². The molecule has 0 bridgehead atoms. The van der Waals surface area contributed by atoms with E-state index in [1.807, 2.05) is 18.2 Å². The van der Waals surface area contributed by atoms with Gasteiger partial charge < -0.3 is 14.9 Å². The van der Waals surface area contributed by atoms with Crippen molar-refractivity contribution in [2.45, 2.75) is 51.4 Å². The number of nitrogens with zero attached hydrogens (tertiary/aromatic N) is 2. The predicted octanol–water partition coefficient (Wildman–Crippen LogP) is 5.44. The number of ether oxygens (including phenoxy) is 1. The number of benzene rings is 2. The van der Waals surface area contributed by atoms with E-state index in [2.05, 4.69) is 18.1 Å². The van der Waals surface area contributed by atoms with Gasteiger partial charge in [-0.1, -0.05) is 13.0 Å². The van der Waals surface area contributed by atoms with E-state index in [1.54, 1.807) is 25.5 Å². The maximum atomic E-state index is 9.87. The average molecular weight is 419 g/mol. The Hall–Kier alpha value is -2.82. The lowest BCUT2D eigenvalue weighted by Gasteiger charge is -2.49. The SMILES string of the molecule is COc1cc(/C=N/N=C2/CCC3C4CCc5cc(O)ccc5C4CCC23C)ccc1O. The van der Waals surface area contributed by atoms with Gasteiger partial charge in [0.15, 0.2) is 11.5 Å². The van der Waals surface area contributed by atoms with E-state index in [0.29, 0.717) is 29.3 Å². The normalized spacial score (nSPS) is 30.8. The van der Waals surface area contributed by atoms with Gasteiger partial charge in [-0.05, 0) is 103 Å². The zero-order valence-electron chi connectivity index (χ0n) is 18.2. The molecule has 5 rings (SSSR count). The molecule has 3 aliphatic rings. The summed E-state index contributed by atoms with van der Waals surface area (Å²) in [4.78, 5) is 0. The van der Waals surface area contributed by atoms with Crippen LogP contribution in [0.15, 0.2) is 46.6 Å². The third kappa shape index (κ3) is 3.40. The van der Waals surface area contributed by atoms with Crippen molar-refractivity contribution >= 4 is 11.9 Å². The lowest BCUT2D eigenvalue weighted by atomic mass is 9.55. The maximum Gasteiger partial charge on any atom is 0.161 e. The number of aryl methyl sites for hydroxylation is 1. The van der Waals surface area contributed by atoms with Gasteiger partial charge in [0.2, 0.25) is 0 Å². The minimum Gasteiger partial charge on any atom is -0.508 e. The molecule has 2 aromatic rings. The molecule has 3 aliphatic carbocycles. The second kappa shape index (κ2) is 7.70. The number of rotatable bonds is 3. The third-order valence-electron chi connectivity index (χ3n) is 8.04. The molecule has 0 aliphatic heterocycles. The molecule has 0 spiro atoms. The van der Waals surface area contributed by atoms with Crippen LogP contribution in [-0.4, -0.2) is 29.2 Å². The van der Waals surface area contributed by atoms with Gasteiger partial charge in [-0.2, -0.15) is 10.2 Å². The molecule has 4 atom stereocenters. The molecular weight excluding hydrogens is 388 g/mol. The summed E-state index contributed by atoms with van der Waals surface area (Å²) < 4.78 is 5.17. The van der Waals surface area contributed by atoms with Crippen LogP contribution < -0.4 is 4.74 Å². The summed E-state index contributed by atoms with van der Waals surface area (Å²) >= 11 is 0. The maximum absolute atomic E-state index is 9.87. The number of aromatic hydroxyl groups is 2. The summed E-state index contributed by atoms with van der Waals surface area (Å²) in [6.45, 7) is 2.39. The molecule has 0 saturated heterocycles. The van der Waals surface area contributed by atoms with E-state index in [0.717, 1.165) is 24.8 Å². The Morgan fingerprint density at radius 2 is 1.94 bits per heavy atom. The fourth-order valence-electron chi connectivity index (χ4n) is 6.46. The van der Waals surface area contributed by atoms with Gasteiger partial charge in [-0.25, -0.2) is 0 Å². The Morgan fingerprint density at radius 3 is 2.77 bits per heavy atom. The van der Waals surface area contributed by atoms with Crippen LogP contribution in [0.1, 0.15) is 61.6 Å². The average Bonchev–Trinajstić information content (AvgIpc) is 3.11. The van der Waals surface area contributed by atoms with Gasteiger partial charge in [0.25, 0.3) is 0 Å². The Morgan fingerprint density at radius 1 is 1.06 bits per heavy atom. The molecule has 162 valence electrons. The number of hydrogen-bond donors (Lipinski definition) is 2. The number of hydrogen-bond acceptors (Lipinski definition) is 5. The summed E-state index contributed by atoms with van der Waals surface area (Å²) in [5, 5.41) is 28.7. The largest absolute Gasteiger partial charge is 0.508 e. The number of fused-ring (bicyclic) bond motifs is 5. The van der Waals surface area contributed by atoms with E-state index in [-0.39, 0.29) is 11.2 Å². The van der Waals surface area contributed by atoms with Gasteiger partial charge in [0.1, 0.15) is 5.75 Å². The predicted molar refractivity (Wildman–Crippen MR) is 122 cm³/mol. The van der Waals surface area contributed by atoms with E-state index in [1.165, 1.54) is 36.1 Å². The number of phenolic OH excluding ortho intramolecular Hbond substituents is 2. The van der Waals surface area contributed by atoms with Crippen molar-refractivity contribution in [3.05, 3.63) is 53.1 Å². The van der Waals surface area contributed by atoms with E-state index < -0.39 is 0 Å². The van der Waals surface area contributed by atoms with Gasteiger partial charge in [0, 0.05) is 11.1 Å². The van der Waals surface area contributed by atoms with Gasteiger partial charge >= 0.3 is 0 Å². The Bertz CT molecular complexity index is 1060. The van der Waals surface area contributed by atoms with Crippen molar-refractivity contribution in [3.8, 4) is 17.2 Å². The van der Waals surface area contributed by atoms with Gasteiger partial charge in [-0.15, -0.1) is 0 Å². The quantitative estimate of drug-likeness (QED) is 0.515. The van der Waals surface area contributed by atoms with Crippen LogP contribution in [0.3, 0.4) is 0 Å². The van der Waals surface area contributed by atoms with Crippen LogP contribution in [0.25, 0.3) is 0 Å². The molecule has 0 aromatic heterocycles.